The van der Waals surface area contributed by atoms with Crippen molar-refractivity contribution in [2.24, 2.45) is 0 Å². The summed E-state index contributed by atoms with van der Waals surface area (Å²) < 4.78 is 5.30. The van der Waals surface area contributed by atoms with E-state index in [-0.39, 0.29) is 34.6 Å². The minimum atomic E-state index is -0.137. The lowest BCUT2D eigenvalue weighted by Crippen LogP contribution is -2.47. The maximum atomic E-state index is 12.4. The zero-order valence-corrected chi connectivity index (χ0v) is 16.3. The summed E-state index contributed by atoms with van der Waals surface area (Å²) in [5.41, 5.74) is 1.50. The molecule has 1 fully saturated rings. The highest BCUT2D eigenvalue weighted by Gasteiger charge is 2.15. The molecule has 1 saturated heterocycles. The number of hydrogen-bond acceptors (Lipinski definition) is 6. The number of amides is 1. The van der Waals surface area contributed by atoms with Gasteiger partial charge in [-0.25, -0.2) is 4.98 Å². The van der Waals surface area contributed by atoms with E-state index in [2.05, 4.69) is 20.3 Å². The van der Waals surface area contributed by atoms with Crippen molar-refractivity contribution in [2.75, 3.05) is 38.2 Å². The van der Waals surface area contributed by atoms with E-state index in [0.29, 0.717) is 30.3 Å². The molecule has 8 radical (unpaired) electrons. The van der Waals surface area contributed by atoms with Crippen LogP contribution in [0.15, 0.2) is 24.5 Å². The number of anilines is 1. The topological polar surface area (TPSA) is 80.2 Å². The van der Waals surface area contributed by atoms with Crippen LogP contribution < -0.4 is 27.4 Å². The van der Waals surface area contributed by atoms with Crippen LogP contribution in [-0.2, 0) is 9.53 Å². The average Bonchev–Trinajstić information content (AvgIpc) is 2.72. The molecule has 4 heterocycles. The van der Waals surface area contributed by atoms with Crippen LogP contribution in [0.5, 0.6) is 0 Å². The monoisotopic (exact) mass is 389 g/mol. The molecule has 1 aliphatic rings. The van der Waals surface area contributed by atoms with E-state index < -0.39 is 0 Å². The first-order valence-electron chi connectivity index (χ1n) is 9.38. The Morgan fingerprint density at radius 3 is 2.50 bits per heavy atom. The Hall–Kier alpha value is -2.64. The lowest BCUT2D eigenvalue weighted by Gasteiger charge is -2.25. The first-order valence-corrected chi connectivity index (χ1v) is 9.38. The summed E-state index contributed by atoms with van der Waals surface area (Å²) in [6.45, 7) is 3.01. The van der Waals surface area contributed by atoms with E-state index in [1.54, 1.807) is 24.5 Å². The van der Waals surface area contributed by atoms with Crippen molar-refractivity contribution in [1.82, 2.24) is 19.9 Å². The molecule has 0 aromatic carbocycles. The van der Waals surface area contributed by atoms with Crippen molar-refractivity contribution in [3.8, 4) is 11.3 Å². The van der Waals surface area contributed by atoms with Crippen molar-refractivity contribution in [3.05, 3.63) is 24.5 Å². The minimum Gasteiger partial charge on any atom is -0.379 e. The molecule has 4 rings (SSSR count). The van der Waals surface area contributed by atoms with Gasteiger partial charge in [-0.2, -0.15) is 0 Å². The number of aromatic nitrogens is 3. The van der Waals surface area contributed by atoms with Gasteiger partial charge < -0.3 is 10.1 Å². The maximum Gasteiger partial charge on any atom is 0.239 e. The van der Waals surface area contributed by atoms with E-state index in [4.69, 9.17) is 36.1 Å². The number of nitrogens with one attached hydrogen (secondary N) is 1. The summed E-state index contributed by atoms with van der Waals surface area (Å²) in [4.78, 5) is 27.1. The molecular formula is C19H15B4N5O2. The van der Waals surface area contributed by atoms with Crippen molar-refractivity contribution in [2.45, 2.75) is 0 Å². The van der Waals surface area contributed by atoms with E-state index in [1.807, 2.05) is 4.90 Å². The number of carbonyl (C=O) groups is 1. The van der Waals surface area contributed by atoms with Crippen LogP contribution >= 0.6 is 0 Å². The second kappa shape index (κ2) is 8.61. The molecule has 0 aliphatic carbocycles. The van der Waals surface area contributed by atoms with Crippen molar-refractivity contribution < 1.29 is 9.53 Å². The fourth-order valence-electron chi connectivity index (χ4n) is 3.31. The normalized spacial score (nSPS) is 14.7. The van der Waals surface area contributed by atoms with Crippen LogP contribution in [0.4, 0.5) is 5.82 Å². The van der Waals surface area contributed by atoms with E-state index >= 15 is 0 Å². The standard InChI is InChI=1S/C19H15B4N5O2/c20-16-15(18(22)27-19(23)17(16)21)12-5-10-6-13(25-8-11(10)7-24-12)26-14(29)9-28-1-3-30-4-2-28/h5-8H,1-4,9H2,(H,25,26,29). The van der Waals surface area contributed by atoms with E-state index in [9.17, 15) is 4.79 Å². The van der Waals surface area contributed by atoms with Crippen LogP contribution in [0.25, 0.3) is 22.0 Å². The van der Waals surface area contributed by atoms with Crippen molar-refractivity contribution >= 4 is 76.0 Å². The Labute approximate surface area is 179 Å². The van der Waals surface area contributed by atoms with Crippen molar-refractivity contribution in [1.29, 1.82) is 0 Å². The van der Waals surface area contributed by atoms with Crippen LogP contribution in [0, 0.1) is 0 Å². The molecule has 11 heteroatoms. The van der Waals surface area contributed by atoms with E-state index in [0.717, 1.165) is 23.9 Å². The fourth-order valence-corrected chi connectivity index (χ4v) is 3.31. The molecule has 0 spiro atoms. The van der Waals surface area contributed by atoms with Gasteiger partial charge in [0.2, 0.25) is 5.91 Å². The largest absolute Gasteiger partial charge is 0.379 e. The SMILES string of the molecule is [B]c1nc([B])c(-c2cc3cc(NC(=O)CN4CCOCC4)ncc3cn2)c([B])c1[B]. The second-order valence-electron chi connectivity index (χ2n) is 7.01. The summed E-state index contributed by atoms with van der Waals surface area (Å²) in [5.74, 6) is 0.302. The molecule has 7 nitrogen and oxygen atoms in total. The number of carbonyl (C=O) groups excluding carboxylic acids is 1. The Balaban J connectivity index is 1.60. The Kier molecular flexibility index (Phi) is 5.92. The molecule has 30 heavy (non-hydrogen) atoms. The van der Waals surface area contributed by atoms with Gasteiger partial charge in [-0.15, -0.1) is 0 Å². The summed E-state index contributed by atoms with van der Waals surface area (Å²) >= 11 is 0. The minimum absolute atomic E-state index is 0.0732. The molecule has 0 atom stereocenters. The Bertz CT molecular complexity index is 1120. The predicted molar refractivity (Wildman–Crippen MR) is 120 cm³/mol. The average molecular weight is 389 g/mol. The third kappa shape index (κ3) is 4.27. The number of pyridine rings is 3. The molecule has 140 valence electrons. The summed E-state index contributed by atoms with van der Waals surface area (Å²) in [6.07, 6.45) is 3.28. The van der Waals surface area contributed by atoms with Crippen molar-refractivity contribution in [3.63, 3.8) is 0 Å². The lowest BCUT2D eigenvalue weighted by molar-refractivity contribution is -0.118. The highest BCUT2D eigenvalue weighted by molar-refractivity contribution is 6.59. The smallest absolute Gasteiger partial charge is 0.239 e. The van der Waals surface area contributed by atoms with Gasteiger partial charge >= 0.3 is 0 Å². The van der Waals surface area contributed by atoms with Gasteiger partial charge in [-0.3, -0.25) is 19.7 Å². The van der Waals surface area contributed by atoms with Gasteiger partial charge in [0.15, 0.2) is 0 Å². The molecule has 3 aromatic rings. The number of fused-ring (bicyclic) bond motifs is 1. The van der Waals surface area contributed by atoms with Gasteiger partial charge in [0.1, 0.15) is 37.2 Å². The molecular weight excluding hydrogens is 373 g/mol. The number of rotatable bonds is 4. The quantitative estimate of drug-likeness (QED) is 0.484. The summed E-state index contributed by atoms with van der Waals surface area (Å²) in [6, 6.07) is 3.55. The van der Waals surface area contributed by atoms with E-state index in [1.165, 1.54) is 0 Å². The zero-order valence-electron chi connectivity index (χ0n) is 16.3. The van der Waals surface area contributed by atoms with Gasteiger partial charge in [-0.05, 0) is 28.7 Å². The first-order chi connectivity index (χ1) is 14.4. The second-order valence-corrected chi connectivity index (χ2v) is 7.01. The maximum absolute atomic E-state index is 12.4. The molecule has 3 aromatic heterocycles. The molecule has 0 saturated carbocycles. The molecule has 1 aliphatic heterocycles. The number of ether oxygens (including phenoxy) is 1. The highest BCUT2D eigenvalue weighted by atomic mass is 16.5. The number of hydrogen-bond donors (Lipinski definition) is 1. The van der Waals surface area contributed by atoms with Gasteiger partial charge in [0.25, 0.3) is 0 Å². The Morgan fingerprint density at radius 1 is 1.00 bits per heavy atom. The van der Waals surface area contributed by atoms with Crippen LogP contribution in [-0.4, -0.2) is 90.0 Å². The molecule has 1 N–H and O–H groups in total. The van der Waals surface area contributed by atoms with Crippen LogP contribution in [0.3, 0.4) is 0 Å². The molecule has 1 amide bonds. The first kappa shape index (κ1) is 20.6. The number of nitrogens with zero attached hydrogens (tertiary/aromatic N) is 4. The third-order valence-corrected chi connectivity index (χ3v) is 4.93. The summed E-state index contributed by atoms with van der Waals surface area (Å²) in [5, 5.41) is 4.42. The highest BCUT2D eigenvalue weighted by Crippen LogP contribution is 2.21. The third-order valence-electron chi connectivity index (χ3n) is 4.93. The fraction of sp³-hybridized carbons (Fsp3) is 0.263. The van der Waals surface area contributed by atoms with Gasteiger partial charge in [0, 0.05) is 36.4 Å². The lowest BCUT2D eigenvalue weighted by atomic mass is 9.70. The summed E-state index contributed by atoms with van der Waals surface area (Å²) in [7, 11) is 23.7. The number of morpholine rings is 1. The molecule has 0 bridgehead atoms. The predicted octanol–water partition coefficient (Wildman–Crippen LogP) is -2.86. The van der Waals surface area contributed by atoms with Gasteiger partial charge in [0.05, 0.1) is 25.5 Å². The van der Waals surface area contributed by atoms with Crippen LogP contribution in [0.2, 0.25) is 0 Å². The van der Waals surface area contributed by atoms with Crippen LogP contribution in [0.1, 0.15) is 0 Å². The zero-order chi connectivity index (χ0) is 21.3. The Morgan fingerprint density at radius 2 is 1.73 bits per heavy atom. The van der Waals surface area contributed by atoms with Gasteiger partial charge in [-0.1, -0.05) is 10.9 Å². The molecule has 0 unspecified atom stereocenters.